The Kier molecular flexibility index (Phi) is 5.86. The molecule has 1 fully saturated rings. The van der Waals surface area contributed by atoms with Gasteiger partial charge in [-0.25, -0.2) is 9.97 Å². The van der Waals surface area contributed by atoms with E-state index >= 15 is 0 Å². The third-order valence-electron chi connectivity index (χ3n) is 5.51. The van der Waals surface area contributed by atoms with Gasteiger partial charge in [-0.15, -0.1) is 0 Å². The van der Waals surface area contributed by atoms with Gasteiger partial charge in [0.1, 0.15) is 0 Å². The van der Waals surface area contributed by atoms with Gasteiger partial charge in [0.05, 0.1) is 18.3 Å². The van der Waals surface area contributed by atoms with Crippen molar-refractivity contribution in [2.24, 2.45) is 0 Å². The maximum Gasteiger partial charge on any atom is 0.237 e. The molecule has 0 N–H and O–H groups in total. The molecule has 3 heterocycles. The quantitative estimate of drug-likeness (QED) is 0.795. The maximum absolute atomic E-state index is 12.5. The van der Waals surface area contributed by atoms with Gasteiger partial charge in [-0.2, -0.15) is 0 Å². The maximum atomic E-state index is 12.5. The molecule has 0 bridgehead atoms. The van der Waals surface area contributed by atoms with Crippen LogP contribution in [0.25, 0.3) is 0 Å². The van der Waals surface area contributed by atoms with E-state index in [4.69, 9.17) is 4.98 Å². The lowest BCUT2D eigenvalue weighted by atomic mass is 10.1. The first kappa shape index (κ1) is 18.8. The van der Waals surface area contributed by atoms with Gasteiger partial charge < -0.3 is 9.80 Å². The molecule has 2 aliphatic rings. The second-order valence-corrected chi connectivity index (χ2v) is 7.10. The lowest BCUT2D eigenvalue weighted by Gasteiger charge is -2.31. The van der Waals surface area contributed by atoms with Crippen molar-refractivity contribution in [1.82, 2.24) is 24.7 Å². The van der Waals surface area contributed by atoms with Crippen molar-refractivity contribution in [2.45, 2.75) is 52.6 Å². The number of carbonyl (C=O) groups is 2. The number of amides is 2. The van der Waals surface area contributed by atoms with E-state index in [2.05, 4.69) is 23.7 Å². The Morgan fingerprint density at radius 1 is 1.27 bits per heavy atom. The smallest absolute Gasteiger partial charge is 0.237 e. The lowest BCUT2D eigenvalue weighted by molar-refractivity contribution is -0.133. The summed E-state index contributed by atoms with van der Waals surface area (Å²) in [5, 5.41) is 0. The lowest BCUT2D eigenvalue weighted by Crippen LogP contribution is -2.43. The molecule has 0 aliphatic carbocycles. The summed E-state index contributed by atoms with van der Waals surface area (Å²) in [5.74, 6) is 1.00. The van der Waals surface area contributed by atoms with E-state index in [9.17, 15) is 9.59 Å². The molecule has 2 amide bonds. The van der Waals surface area contributed by atoms with Gasteiger partial charge in [-0.05, 0) is 25.9 Å². The van der Waals surface area contributed by atoms with Crippen LogP contribution in [0.4, 0.5) is 0 Å². The minimum atomic E-state index is 0.000119. The van der Waals surface area contributed by atoms with Gasteiger partial charge in [-0.1, -0.05) is 13.8 Å². The second-order valence-electron chi connectivity index (χ2n) is 7.10. The first-order valence-corrected chi connectivity index (χ1v) is 9.65. The largest absolute Gasteiger partial charge is 0.337 e. The highest BCUT2D eigenvalue weighted by Gasteiger charge is 2.31. The van der Waals surface area contributed by atoms with Gasteiger partial charge in [0.2, 0.25) is 11.8 Å². The van der Waals surface area contributed by atoms with Crippen LogP contribution in [-0.4, -0.2) is 69.2 Å². The zero-order chi connectivity index (χ0) is 18.7. The third-order valence-corrected chi connectivity index (χ3v) is 5.51. The molecule has 0 aromatic carbocycles. The molecule has 1 aromatic rings. The summed E-state index contributed by atoms with van der Waals surface area (Å²) in [5.41, 5.74) is 2.05. The standard InChI is InChI=1S/C19H29N5O2/c1-4-22(5-2)13-18(26)23-10-8-16-15(12-23)11-20-19(21-16)17-7-6-9-24(17)14(3)25/h11,17H,4-10,12-13H2,1-3H3/t17-/m0/s1. The van der Waals surface area contributed by atoms with Gasteiger partial charge >= 0.3 is 0 Å². The molecule has 1 saturated heterocycles. The normalized spacial score (nSPS) is 19.8. The number of likely N-dealkylation sites (tertiary alicyclic amines) is 1. The van der Waals surface area contributed by atoms with Crippen LogP contribution < -0.4 is 0 Å². The van der Waals surface area contributed by atoms with Crippen LogP contribution in [0.3, 0.4) is 0 Å². The van der Waals surface area contributed by atoms with Gasteiger partial charge in [-0.3, -0.25) is 14.5 Å². The first-order valence-electron chi connectivity index (χ1n) is 9.65. The number of carbonyl (C=O) groups excluding carboxylic acids is 2. The summed E-state index contributed by atoms with van der Waals surface area (Å²) in [6, 6.07) is 0.000119. The molecule has 3 rings (SSSR count). The molecule has 26 heavy (non-hydrogen) atoms. The van der Waals surface area contributed by atoms with Crippen LogP contribution in [-0.2, 0) is 22.6 Å². The van der Waals surface area contributed by atoms with Crippen molar-refractivity contribution in [3.8, 4) is 0 Å². The molecule has 1 atom stereocenters. The molecule has 7 nitrogen and oxygen atoms in total. The molecular weight excluding hydrogens is 330 g/mol. The van der Waals surface area contributed by atoms with Gasteiger partial charge in [0.25, 0.3) is 0 Å². The first-order chi connectivity index (χ1) is 12.5. The molecule has 7 heteroatoms. The molecule has 142 valence electrons. The monoisotopic (exact) mass is 359 g/mol. The molecule has 0 saturated carbocycles. The zero-order valence-corrected chi connectivity index (χ0v) is 16.1. The van der Waals surface area contributed by atoms with Crippen molar-refractivity contribution < 1.29 is 9.59 Å². The van der Waals surface area contributed by atoms with E-state index in [1.165, 1.54) is 0 Å². The van der Waals surface area contributed by atoms with Crippen LogP contribution in [0.5, 0.6) is 0 Å². The van der Waals surface area contributed by atoms with Crippen LogP contribution >= 0.6 is 0 Å². The highest BCUT2D eigenvalue weighted by Crippen LogP contribution is 2.30. The number of rotatable bonds is 5. The number of hydrogen-bond donors (Lipinski definition) is 0. The number of nitrogens with zero attached hydrogens (tertiary/aromatic N) is 5. The number of fused-ring (bicyclic) bond motifs is 1. The summed E-state index contributed by atoms with van der Waals surface area (Å²) in [4.78, 5) is 39.5. The molecule has 0 unspecified atom stereocenters. The van der Waals surface area contributed by atoms with E-state index in [0.29, 0.717) is 19.6 Å². The predicted molar refractivity (Wildman–Crippen MR) is 98.3 cm³/mol. The third kappa shape index (κ3) is 3.87. The molecule has 2 aliphatic heterocycles. The molecule has 0 radical (unpaired) electrons. The second kappa shape index (κ2) is 8.12. The van der Waals surface area contributed by atoms with Crippen molar-refractivity contribution in [1.29, 1.82) is 0 Å². The zero-order valence-electron chi connectivity index (χ0n) is 16.1. The van der Waals surface area contributed by atoms with Crippen LogP contribution in [0.1, 0.15) is 56.7 Å². The minimum absolute atomic E-state index is 0.000119. The SMILES string of the molecule is CCN(CC)CC(=O)N1CCc2nc([C@@H]3CCCN3C(C)=O)ncc2C1. The highest BCUT2D eigenvalue weighted by molar-refractivity contribution is 5.78. The van der Waals surface area contributed by atoms with E-state index in [0.717, 1.165) is 56.0 Å². The Labute approximate surface area is 155 Å². The van der Waals surface area contributed by atoms with Crippen molar-refractivity contribution >= 4 is 11.8 Å². The predicted octanol–water partition coefficient (Wildman–Crippen LogP) is 1.39. The summed E-state index contributed by atoms with van der Waals surface area (Å²) in [7, 11) is 0. The highest BCUT2D eigenvalue weighted by atomic mass is 16.2. The van der Waals surface area contributed by atoms with E-state index < -0.39 is 0 Å². The average molecular weight is 359 g/mol. The fourth-order valence-electron chi connectivity index (χ4n) is 3.86. The molecule has 0 spiro atoms. The Morgan fingerprint density at radius 3 is 2.73 bits per heavy atom. The topological polar surface area (TPSA) is 69.6 Å². The van der Waals surface area contributed by atoms with Crippen LogP contribution in [0.2, 0.25) is 0 Å². The Bertz CT molecular complexity index is 674. The number of hydrogen-bond acceptors (Lipinski definition) is 5. The Balaban J connectivity index is 1.69. The summed E-state index contributed by atoms with van der Waals surface area (Å²) < 4.78 is 0. The number of aromatic nitrogens is 2. The molecule has 1 aromatic heterocycles. The number of likely N-dealkylation sites (N-methyl/N-ethyl adjacent to an activating group) is 1. The van der Waals surface area contributed by atoms with Gasteiger partial charge in [0, 0.05) is 44.7 Å². The van der Waals surface area contributed by atoms with E-state index in [-0.39, 0.29) is 17.9 Å². The van der Waals surface area contributed by atoms with Crippen molar-refractivity contribution in [3.63, 3.8) is 0 Å². The van der Waals surface area contributed by atoms with Crippen LogP contribution in [0, 0.1) is 0 Å². The fourth-order valence-corrected chi connectivity index (χ4v) is 3.86. The Hall–Kier alpha value is -2.02. The van der Waals surface area contributed by atoms with E-state index in [1.54, 1.807) is 6.92 Å². The minimum Gasteiger partial charge on any atom is -0.337 e. The van der Waals surface area contributed by atoms with Crippen molar-refractivity contribution in [2.75, 3.05) is 32.7 Å². The Morgan fingerprint density at radius 2 is 2.04 bits per heavy atom. The van der Waals surface area contributed by atoms with E-state index in [1.807, 2.05) is 16.0 Å². The fraction of sp³-hybridized carbons (Fsp3) is 0.684. The molecular formula is C19H29N5O2. The summed E-state index contributed by atoms with van der Waals surface area (Å²) in [6.45, 7) is 10.1. The van der Waals surface area contributed by atoms with Crippen molar-refractivity contribution in [3.05, 3.63) is 23.3 Å². The average Bonchev–Trinajstić information content (AvgIpc) is 3.15. The summed E-state index contributed by atoms with van der Waals surface area (Å²) in [6.07, 6.45) is 4.53. The summed E-state index contributed by atoms with van der Waals surface area (Å²) >= 11 is 0. The van der Waals surface area contributed by atoms with Crippen LogP contribution in [0.15, 0.2) is 6.20 Å². The van der Waals surface area contributed by atoms with Gasteiger partial charge in [0.15, 0.2) is 5.82 Å².